The van der Waals surface area contributed by atoms with Crippen molar-refractivity contribution in [2.45, 2.75) is 25.4 Å². The van der Waals surface area contributed by atoms with Crippen LogP contribution in [0.4, 0.5) is 5.69 Å². The second-order valence-corrected chi connectivity index (χ2v) is 5.65. The van der Waals surface area contributed by atoms with Crippen LogP contribution in [-0.2, 0) is 9.53 Å². The summed E-state index contributed by atoms with van der Waals surface area (Å²) in [7, 11) is 0. The standard InChI is InChI=1S/C14H18Cl2N2O2/c15-10-6-11(16)8-12(7-10)17-4-3-14(19)18-9-13-2-1-5-20-13/h6-8,13,17H,1-5,9H2,(H,18,19). The quantitative estimate of drug-likeness (QED) is 0.848. The topological polar surface area (TPSA) is 50.4 Å². The van der Waals surface area contributed by atoms with Gasteiger partial charge >= 0.3 is 0 Å². The van der Waals surface area contributed by atoms with E-state index >= 15 is 0 Å². The Morgan fingerprint density at radius 1 is 1.30 bits per heavy atom. The third-order valence-corrected chi connectivity index (χ3v) is 3.53. The second kappa shape index (κ2) is 7.72. The summed E-state index contributed by atoms with van der Waals surface area (Å²) in [4.78, 5) is 11.7. The molecule has 1 atom stereocenters. The molecule has 2 rings (SSSR count). The molecule has 0 aromatic heterocycles. The van der Waals surface area contributed by atoms with Gasteiger partial charge in [-0.05, 0) is 31.0 Å². The molecule has 1 aromatic rings. The normalized spacial score (nSPS) is 18.0. The zero-order valence-corrected chi connectivity index (χ0v) is 12.6. The summed E-state index contributed by atoms with van der Waals surface area (Å²) in [6.45, 7) is 1.94. The van der Waals surface area contributed by atoms with E-state index in [0.717, 1.165) is 25.1 Å². The Labute approximate surface area is 128 Å². The van der Waals surface area contributed by atoms with Crippen LogP contribution in [0.3, 0.4) is 0 Å². The number of carbonyl (C=O) groups excluding carboxylic acids is 1. The van der Waals surface area contributed by atoms with Crippen molar-refractivity contribution < 1.29 is 9.53 Å². The van der Waals surface area contributed by atoms with E-state index in [1.165, 1.54) is 0 Å². The lowest BCUT2D eigenvalue weighted by molar-refractivity contribution is -0.121. The van der Waals surface area contributed by atoms with Crippen LogP contribution < -0.4 is 10.6 Å². The van der Waals surface area contributed by atoms with Crippen LogP contribution >= 0.6 is 23.2 Å². The third-order valence-electron chi connectivity index (χ3n) is 3.09. The molecular weight excluding hydrogens is 299 g/mol. The molecule has 0 bridgehead atoms. The maximum atomic E-state index is 11.7. The summed E-state index contributed by atoms with van der Waals surface area (Å²) in [5.41, 5.74) is 0.814. The molecule has 1 heterocycles. The number of rotatable bonds is 6. The Hall–Kier alpha value is -0.970. The number of nitrogens with one attached hydrogen (secondary N) is 2. The van der Waals surface area contributed by atoms with Crippen molar-refractivity contribution in [2.24, 2.45) is 0 Å². The van der Waals surface area contributed by atoms with Crippen molar-refractivity contribution in [3.8, 4) is 0 Å². The van der Waals surface area contributed by atoms with E-state index < -0.39 is 0 Å². The molecule has 1 aromatic carbocycles. The van der Waals surface area contributed by atoms with Gasteiger partial charge in [0.05, 0.1) is 6.10 Å². The van der Waals surface area contributed by atoms with Gasteiger partial charge < -0.3 is 15.4 Å². The van der Waals surface area contributed by atoms with E-state index in [2.05, 4.69) is 10.6 Å². The molecular formula is C14H18Cl2N2O2. The molecule has 1 aliphatic rings. The molecule has 2 N–H and O–H groups in total. The lowest BCUT2D eigenvalue weighted by Crippen LogP contribution is -2.32. The second-order valence-electron chi connectivity index (χ2n) is 4.77. The minimum absolute atomic E-state index is 0.0149. The van der Waals surface area contributed by atoms with Gasteiger partial charge in [-0.15, -0.1) is 0 Å². The van der Waals surface area contributed by atoms with Crippen molar-refractivity contribution in [1.29, 1.82) is 0 Å². The van der Waals surface area contributed by atoms with E-state index in [1.54, 1.807) is 18.2 Å². The van der Waals surface area contributed by atoms with Gasteiger partial charge in [-0.25, -0.2) is 0 Å². The first kappa shape index (κ1) is 15.4. The van der Waals surface area contributed by atoms with Gasteiger partial charge in [-0.3, -0.25) is 4.79 Å². The number of hydrogen-bond acceptors (Lipinski definition) is 3. The van der Waals surface area contributed by atoms with Gasteiger partial charge in [0.2, 0.25) is 5.91 Å². The van der Waals surface area contributed by atoms with Crippen molar-refractivity contribution in [1.82, 2.24) is 5.32 Å². The Bertz CT molecular complexity index is 442. The zero-order chi connectivity index (χ0) is 14.4. The number of carbonyl (C=O) groups is 1. The molecule has 0 radical (unpaired) electrons. The van der Waals surface area contributed by atoms with Crippen molar-refractivity contribution in [2.75, 3.05) is 25.0 Å². The molecule has 20 heavy (non-hydrogen) atoms. The summed E-state index contributed by atoms with van der Waals surface area (Å²) in [5.74, 6) is 0.0149. The largest absolute Gasteiger partial charge is 0.384 e. The lowest BCUT2D eigenvalue weighted by Gasteiger charge is -2.11. The van der Waals surface area contributed by atoms with Crippen molar-refractivity contribution in [3.05, 3.63) is 28.2 Å². The number of halogens is 2. The average molecular weight is 317 g/mol. The highest BCUT2D eigenvalue weighted by atomic mass is 35.5. The fourth-order valence-corrected chi connectivity index (χ4v) is 2.62. The van der Waals surface area contributed by atoms with Crippen LogP contribution in [-0.4, -0.2) is 31.7 Å². The Morgan fingerprint density at radius 3 is 2.70 bits per heavy atom. The molecule has 0 aliphatic carbocycles. The first-order valence-electron chi connectivity index (χ1n) is 6.72. The molecule has 0 spiro atoms. The first-order valence-corrected chi connectivity index (χ1v) is 7.47. The van der Waals surface area contributed by atoms with Crippen LogP contribution in [0, 0.1) is 0 Å². The number of amides is 1. The van der Waals surface area contributed by atoms with Crippen molar-refractivity contribution in [3.63, 3.8) is 0 Å². The van der Waals surface area contributed by atoms with Crippen LogP contribution in [0.15, 0.2) is 18.2 Å². The molecule has 1 fully saturated rings. The molecule has 110 valence electrons. The number of hydrogen-bond donors (Lipinski definition) is 2. The van der Waals surface area contributed by atoms with Gasteiger partial charge in [0, 0.05) is 41.8 Å². The van der Waals surface area contributed by atoms with Gasteiger partial charge in [0.15, 0.2) is 0 Å². The summed E-state index contributed by atoms with van der Waals surface area (Å²) in [6.07, 6.45) is 2.69. The van der Waals surface area contributed by atoms with Gasteiger partial charge in [-0.2, -0.15) is 0 Å². The van der Waals surface area contributed by atoms with E-state index in [0.29, 0.717) is 29.6 Å². The van der Waals surface area contributed by atoms with Crippen molar-refractivity contribution >= 4 is 34.8 Å². The smallest absolute Gasteiger partial charge is 0.221 e. The molecule has 1 unspecified atom stereocenters. The maximum absolute atomic E-state index is 11.7. The SMILES string of the molecule is O=C(CCNc1cc(Cl)cc(Cl)c1)NCC1CCCO1. The van der Waals surface area contributed by atoms with E-state index in [9.17, 15) is 4.79 Å². The number of anilines is 1. The molecule has 4 nitrogen and oxygen atoms in total. The van der Waals surface area contributed by atoms with Crippen LogP contribution in [0.5, 0.6) is 0 Å². The first-order chi connectivity index (χ1) is 9.63. The van der Waals surface area contributed by atoms with Crippen LogP contribution in [0.2, 0.25) is 10.0 Å². The highest BCUT2D eigenvalue weighted by Gasteiger charge is 2.15. The minimum Gasteiger partial charge on any atom is -0.384 e. The Morgan fingerprint density at radius 2 is 2.05 bits per heavy atom. The predicted molar refractivity (Wildman–Crippen MR) is 81.6 cm³/mol. The van der Waals surface area contributed by atoms with Gasteiger partial charge in [0.25, 0.3) is 0 Å². The summed E-state index contributed by atoms with van der Waals surface area (Å²) in [5, 5.41) is 7.15. The maximum Gasteiger partial charge on any atom is 0.221 e. The van der Waals surface area contributed by atoms with Gasteiger partial charge in [0.1, 0.15) is 0 Å². The minimum atomic E-state index is 0.0149. The third kappa shape index (κ3) is 5.19. The Balaban J connectivity index is 1.65. The lowest BCUT2D eigenvalue weighted by atomic mass is 10.2. The molecule has 6 heteroatoms. The monoisotopic (exact) mass is 316 g/mol. The molecule has 0 saturated carbocycles. The summed E-state index contributed by atoms with van der Waals surface area (Å²) >= 11 is 11.8. The zero-order valence-electron chi connectivity index (χ0n) is 11.1. The van der Waals surface area contributed by atoms with E-state index in [-0.39, 0.29) is 12.0 Å². The van der Waals surface area contributed by atoms with Crippen LogP contribution in [0.1, 0.15) is 19.3 Å². The predicted octanol–water partition coefficient (Wildman–Crippen LogP) is 3.09. The Kier molecular flexibility index (Phi) is 5.95. The average Bonchev–Trinajstić information content (AvgIpc) is 2.88. The number of ether oxygens (including phenoxy) is 1. The summed E-state index contributed by atoms with van der Waals surface area (Å²) < 4.78 is 5.44. The van der Waals surface area contributed by atoms with E-state index in [1.807, 2.05) is 0 Å². The fourth-order valence-electron chi connectivity index (χ4n) is 2.10. The van der Waals surface area contributed by atoms with E-state index in [4.69, 9.17) is 27.9 Å². The fraction of sp³-hybridized carbons (Fsp3) is 0.500. The highest BCUT2D eigenvalue weighted by Crippen LogP contribution is 2.22. The molecule has 1 saturated heterocycles. The molecule has 1 amide bonds. The highest BCUT2D eigenvalue weighted by molar-refractivity contribution is 6.35. The summed E-state index contributed by atoms with van der Waals surface area (Å²) in [6, 6.07) is 5.22. The van der Waals surface area contributed by atoms with Crippen LogP contribution in [0.25, 0.3) is 0 Å². The molecule has 1 aliphatic heterocycles. The van der Waals surface area contributed by atoms with Gasteiger partial charge in [-0.1, -0.05) is 23.2 Å². The number of benzene rings is 1.